The van der Waals surface area contributed by atoms with Crippen molar-refractivity contribution in [3.05, 3.63) is 41.0 Å². The Bertz CT molecular complexity index is 1190. The summed E-state index contributed by atoms with van der Waals surface area (Å²) >= 11 is 0. The second kappa shape index (κ2) is 8.17. The summed E-state index contributed by atoms with van der Waals surface area (Å²) < 4.78 is 64.4. The Morgan fingerprint density at radius 1 is 0.971 bits per heavy atom. The molecule has 2 aromatic carbocycles. The number of fused-ring (bicyclic) bond motifs is 3. The highest BCUT2D eigenvalue weighted by atomic mass is 19.3. The monoisotopic (exact) mass is 492 g/mol. The molecule has 1 saturated heterocycles. The van der Waals surface area contributed by atoms with Gasteiger partial charge in [0.25, 0.3) is 0 Å². The maximum Gasteiger partial charge on any atom is 0.586 e. The molecular weight excluding hydrogens is 470 g/mol. The van der Waals surface area contributed by atoms with Gasteiger partial charge in [0.2, 0.25) is 5.75 Å². The van der Waals surface area contributed by atoms with Crippen LogP contribution in [-0.4, -0.2) is 46.2 Å². The van der Waals surface area contributed by atoms with Crippen LogP contribution in [0.4, 0.5) is 8.78 Å². The number of alkyl halides is 2. The molecule has 186 valence electrons. The van der Waals surface area contributed by atoms with Crippen molar-refractivity contribution < 1.29 is 51.5 Å². The van der Waals surface area contributed by atoms with Gasteiger partial charge in [0, 0.05) is 24.3 Å². The number of esters is 2. The lowest BCUT2D eigenvalue weighted by molar-refractivity contribution is -0.286. The standard InChI is InChI=1S/C24H22F2O9/c1-10(27)33-21-13-8-16-15(34-24(25,26)35-16)7-12(13)19(20-14(21)9-32-23(20)28)11-5-17(29-2)22(31-4)18(6-11)30-3/h5-8,14,19-21H,9H2,1-4H3/t14-,19+,20+,21-/m0/s1. The van der Waals surface area contributed by atoms with Gasteiger partial charge in [-0.1, -0.05) is 0 Å². The van der Waals surface area contributed by atoms with E-state index in [1.165, 1.54) is 40.4 Å². The fourth-order valence-corrected chi connectivity index (χ4v) is 5.18. The van der Waals surface area contributed by atoms with Crippen molar-refractivity contribution in [3.63, 3.8) is 0 Å². The molecule has 9 nitrogen and oxygen atoms in total. The van der Waals surface area contributed by atoms with Crippen LogP contribution in [0.25, 0.3) is 0 Å². The third kappa shape index (κ3) is 3.65. The van der Waals surface area contributed by atoms with E-state index in [2.05, 4.69) is 9.47 Å². The first-order valence-corrected chi connectivity index (χ1v) is 10.7. The van der Waals surface area contributed by atoms with E-state index in [-0.39, 0.29) is 18.1 Å². The summed E-state index contributed by atoms with van der Waals surface area (Å²) in [4.78, 5) is 24.9. The minimum absolute atomic E-state index is 0.00753. The zero-order valence-corrected chi connectivity index (χ0v) is 19.3. The third-order valence-corrected chi connectivity index (χ3v) is 6.49. The van der Waals surface area contributed by atoms with Crippen LogP contribution >= 0.6 is 0 Å². The average molecular weight is 492 g/mol. The minimum atomic E-state index is -3.85. The van der Waals surface area contributed by atoms with E-state index in [0.717, 1.165) is 0 Å². The highest BCUT2D eigenvalue weighted by Crippen LogP contribution is 2.57. The SMILES string of the molecule is COc1cc([C@@H]2c3cc4c(cc3[C@H](OC(C)=O)[C@H]3COC(=O)[C@@H]23)OC(F)(F)O4)cc(OC)c1OC. The largest absolute Gasteiger partial charge is 0.586 e. The molecule has 2 aliphatic heterocycles. The maximum atomic E-state index is 13.9. The molecule has 0 saturated carbocycles. The fraction of sp³-hybridized carbons (Fsp3) is 0.417. The van der Waals surface area contributed by atoms with Gasteiger partial charge in [0.15, 0.2) is 23.0 Å². The highest BCUT2D eigenvalue weighted by Gasteiger charge is 2.55. The van der Waals surface area contributed by atoms with E-state index in [4.69, 9.17) is 23.7 Å². The molecule has 0 N–H and O–H groups in total. The van der Waals surface area contributed by atoms with Gasteiger partial charge in [-0.05, 0) is 35.4 Å². The normalized spacial score (nSPS) is 25.3. The summed E-state index contributed by atoms with van der Waals surface area (Å²) in [5, 5.41) is 0. The fourth-order valence-electron chi connectivity index (χ4n) is 5.18. The number of carbonyl (C=O) groups excluding carboxylic acids is 2. The molecule has 0 bridgehead atoms. The first-order valence-electron chi connectivity index (χ1n) is 10.7. The summed E-state index contributed by atoms with van der Waals surface area (Å²) in [5.74, 6) is -2.47. The lowest BCUT2D eigenvalue weighted by atomic mass is 9.66. The quantitative estimate of drug-likeness (QED) is 0.580. The molecule has 35 heavy (non-hydrogen) atoms. The van der Waals surface area contributed by atoms with Crippen LogP contribution in [0.5, 0.6) is 28.7 Å². The number of methoxy groups -OCH3 is 3. The number of ether oxygens (including phenoxy) is 7. The number of halogens is 2. The summed E-state index contributed by atoms with van der Waals surface area (Å²) in [6, 6.07) is 6.12. The Morgan fingerprint density at radius 2 is 1.57 bits per heavy atom. The number of carbonyl (C=O) groups is 2. The van der Waals surface area contributed by atoms with Gasteiger partial charge >= 0.3 is 18.2 Å². The smallest absolute Gasteiger partial charge is 0.493 e. The second-order valence-corrected chi connectivity index (χ2v) is 8.38. The predicted molar refractivity (Wildman–Crippen MR) is 113 cm³/mol. The van der Waals surface area contributed by atoms with Gasteiger partial charge in [0.05, 0.1) is 33.9 Å². The molecule has 1 aliphatic carbocycles. The van der Waals surface area contributed by atoms with Crippen LogP contribution in [-0.2, 0) is 19.1 Å². The lowest BCUT2D eigenvalue weighted by Gasteiger charge is -2.38. The van der Waals surface area contributed by atoms with Crippen molar-refractivity contribution >= 4 is 11.9 Å². The molecule has 0 spiro atoms. The van der Waals surface area contributed by atoms with E-state index in [1.807, 2.05) is 0 Å². The molecule has 3 aliphatic rings. The van der Waals surface area contributed by atoms with Crippen LogP contribution in [0.2, 0.25) is 0 Å². The number of rotatable bonds is 5. The van der Waals surface area contributed by atoms with Crippen molar-refractivity contribution in [3.8, 4) is 28.7 Å². The van der Waals surface area contributed by atoms with Crippen molar-refractivity contribution in [1.82, 2.24) is 0 Å². The van der Waals surface area contributed by atoms with Gasteiger partial charge < -0.3 is 33.2 Å². The van der Waals surface area contributed by atoms with E-state index >= 15 is 0 Å². The molecule has 0 aromatic heterocycles. The first kappa shape index (κ1) is 23.0. The lowest BCUT2D eigenvalue weighted by Crippen LogP contribution is -2.36. The average Bonchev–Trinajstić information content (AvgIpc) is 3.34. The van der Waals surface area contributed by atoms with Gasteiger partial charge in [-0.2, -0.15) is 0 Å². The third-order valence-electron chi connectivity index (χ3n) is 6.49. The Balaban J connectivity index is 1.75. The van der Waals surface area contributed by atoms with Gasteiger partial charge in [-0.25, -0.2) is 0 Å². The van der Waals surface area contributed by atoms with E-state index in [9.17, 15) is 18.4 Å². The number of hydrogen-bond donors (Lipinski definition) is 0. The first-order chi connectivity index (χ1) is 16.7. The molecule has 0 radical (unpaired) electrons. The topological polar surface area (TPSA) is 98.8 Å². The van der Waals surface area contributed by atoms with Gasteiger partial charge in [-0.15, -0.1) is 8.78 Å². The van der Waals surface area contributed by atoms with Crippen LogP contribution in [0.1, 0.15) is 35.6 Å². The van der Waals surface area contributed by atoms with Crippen LogP contribution < -0.4 is 23.7 Å². The van der Waals surface area contributed by atoms with E-state index in [0.29, 0.717) is 33.9 Å². The minimum Gasteiger partial charge on any atom is -0.493 e. The van der Waals surface area contributed by atoms with Crippen LogP contribution in [0.15, 0.2) is 24.3 Å². The zero-order chi connectivity index (χ0) is 25.1. The molecular formula is C24H22F2O9. The maximum absolute atomic E-state index is 13.9. The number of benzene rings is 2. The molecule has 5 rings (SSSR count). The molecule has 2 heterocycles. The second-order valence-electron chi connectivity index (χ2n) is 8.38. The molecule has 1 fully saturated rings. The van der Waals surface area contributed by atoms with Crippen molar-refractivity contribution in [2.45, 2.75) is 25.2 Å². The van der Waals surface area contributed by atoms with E-state index in [1.54, 1.807) is 12.1 Å². The van der Waals surface area contributed by atoms with Gasteiger partial charge in [-0.3, -0.25) is 9.59 Å². The van der Waals surface area contributed by atoms with Crippen molar-refractivity contribution in [1.29, 1.82) is 0 Å². The number of cyclic esters (lactones) is 1. The molecule has 0 amide bonds. The Labute approximate surface area is 198 Å². The Morgan fingerprint density at radius 3 is 2.11 bits per heavy atom. The molecule has 11 heteroatoms. The molecule has 4 atom stereocenters. The van der Waals surface area contributed by atoms with Gasteiger partial charge in [0.1, 0.15) is 6.10 Å². The summed E-state index contributed by atoms with van der Waals surface area (Å²) in [6.07, 6.45) is -4.76. The summed E-state index contributed by atoms with van der Waals surface area (Å²) in [7, 11) is 4.38. The summed E-state index contributed by atoms with van der Waals surface area (Å²) in [5.41, 5.74) is 1.45. The van der Waals surface area contributed by atoms with Crippen LogP contribution in [0, 0.1) is 11.8 Å². The Kier molecular flexibility index (Phi) is 5.37. The molecule has 0 unspecified atom stereocenters. The Hall–Kier alpha value is -3.76. The molecule has 2 aromatic rings. The number of hydrogen-bond acceptors (Lipinski definition) is 9. The predicted octanol–water partition coefficient (Wildman–Crippen LogP) is 3.57. The van der Waals surface area contributed by atoms with Crippen molar-refractivity contribution in [2.24, 2.45) is 11.8 Å². The van der Waals surface area contributed by atoms with Crippen LogP contribution in [0.3, 0.4) is 0 Å². The zero-order valence-electron chi connectivity index (χ0n) is 19.3. The van der Waals surface area contributed by atoms with E-state index < -0.39 is 42.1 Å². The highest BCUT2D eigenvalue weighted by molar-refractivity contribution is 5.79. The van der Waals surface area contributed by atoms with Crippen molar-refractivity contribution in [2.75, 3.05) is 27.9 Å². The summed E-state index contributed by atoms with van der Waals surface area (Å²) in [6.45, 7) is 1.23.